The maximum absolute atomic E-state index is 12.9. The first-order chi connectivity index (χ1) is 13.9. The Bertz CT molecular complexity index is 867. The van der Waals surface area contributed by atoms with Gasteiger partial charge in [-0.2, -0.15) is 17.5 Å². The zero-order valence-corrected chi connectivity index (χ0v) is 18.7. The fraction of sp³-hybridized carbons (Fsp3) is 0.632. The molecule has 2 fully saturated rings. The summed E-state index contributed by atoms with van der Waals surface area (Å²) in [6, 6.07) is 4.10. The van der Waals surface area contributed by atoms with Crippen LogP contribution in [-0.2, 0) is 27.4 Å². The lowest BCUT2D eigenvalue weighted by molar-refractivity contribution is -0.137. The SMILES string of the molecule is CS(=O)(=O)N1CCN(C(=O)Cc2ccc(C(F)(F)F)cc2)[C@H](CN2CC[C@H](O)C2)C1.Cl. The van der Waals surface area contributed by atoms with Crippen molar-refractivity contribution in [3.05, 3.63) is 35.4 Å². The molecule has 3 rings (SSSR count). The number of likely N-dealkylation sites (tertiary alicyclic amines) is 1. The van der Waals surface area contributed by atoms with Crippen LogP contribution < -0.4 is 0 Å². The number of hydrogen-bond acceptors (Lipinski definition) is 5. The molecule has 2 aliphatic heterocycles. The number of sulfonamides is 1. The Morgan fingerprint density at radius 3 is 2.29 bits per heavy atom. The lowest BCUT2D eigenvalue weighted by atomic mass is 10.1. The van der Waals surface area contributed by atoms with Gasteiger partial charge in [0.15, 0.2) is 0 Å². The summed E-state index contributed by atoms with van der Waals surface area (Å²) in [6.07, 6.45) is -3.17. The molecule has 2 heterocycles. The maximum Gasteiger partial charge on any atom is 0.416 e. The molecule has 0 radical (unpaired) electrons. The normalized spacial score (nSPS) is 23.6. The highest BCUT2D eigenvalue weighted by molar-refractivity contribution is 7.88. The molecule has 1 amide bonds. The standard InChI is InChI=1S/C19H26F3N3O4S.ClH/c1-30(28,29)24-8-9-25(16(12-24)11-23-7-6-17(26)13-23)18(27)10-14-2-4-15(5-3-14)19(20,21)22;/h2-5,16-17,26H,6-13H2,1H3;1H/t16-,17+;/m1./s1. The van der Waals surface area contributed by atoms with Crippen molar-refractivity contribution in [1.82, 2.24) is 14.1 Å². The predicted octanol–water partition coefficient (Wildman–Crippen LogP) is 1.21. The molecule has 176 valence electrons. The first-order valence-electron chi connectivity index (χ1n) is 9.74. The van der Waals surface area contributed by atoms with E-state index in [0.29, 0.717) is 31.6 Å². The molecule has 2 saturated heterocycles. The number of nitrogens with zero attached hydrogens (tertiary/aromatic N) is 3. The van der Waals surface area contributed by atoms with Crippen molar-refractivity contribution >= 4 is 28.3 Å². The molecular weight excluding hydrogens is 459 g/mol. The third-order valence-electron chi connectivity index (χ3n) is 5.59. The second kappa shape index (κ2) is 10.0. The third-order valence-corrected chi connectivity index (χ3v) is 6.86. The van der Waals surface area contributed by atoms with Crippen LogP contribution in [0, 0.1) is 0 Å². The summed E-state index contributed by atoms with van der Waals surface area (Å²) in [6.45, 7) is 2.12. The van der Waals surface area contributed by atoms with Crippen molar-refractivity contribution in [2.24, 2.45) is 0 Å². The summed E-state index contributed by atoms with van der Waals surface area (Å²) < 4.78 is 63.5. The maximum atomic E-state index is 12.9. The Hall–Kier alpha value is -1.40. The number of amides is 1. The van der Waals surface area contributed by atoms with E-state index >= 15 is 0 Å². The number of hydrogen-bond donors (Lipinski definition) is 1. The number of piperazine rings is 1. The van der Waals surface area contributed by atoms with Crippen molar-refractivity contribution in [2.75, 3.05) is 45.5 Å². The van der Waals surface area contributed by atoms with Crippen LogP contribution in [0.25, 0.3) is 0 Å². The van der Waals surface area contributed by atoms with Gasteiger partial charge in [0.25, 0.3) is 0 Å². The zero-order chi connectivity index (χ0) is 22.1. The molecule has 2 atom stereocenters. The van der Waals surface area contributed by atoms with Gasteiger partial charge in [-0.3, -0.25) is 9.69 Å². The van der Waals surface area contributed by atoms with Crippen molar-refractivity contribution in [1.29, 1.82) is 0 Å². The van der Waals surface area contributed by atoms with E-state index in [1.54, 1.807) is 4.90 Å². The van der Waals surface area contributed by atoms with Crippen LogP contribution in [0.2, 0.25) is 0 Å². The van der Waals surface area contributed by atoms with Crippen molar-refractivity contribution in [3.8, 4) is 0 Å². The number of alkyl halides is 3. The van der Waals surface area contributed by atoms with Gasteiger partial charge < -0.3 is 10.0 Å². The Morgan fingerprint density at radius 2 is 1.77 bits per heavy atom. The van der Waals surface area contributed by atoms with E-state index in [-0.39, 0.29) is 50.4 Å². The van der Waals surface area contributed by atoms with E-state index < -0.39 is 27.9 Å². The minimum absolute atomic E-state index is 0. The molecule has 1 aromatic carbocycles. The monoisotopic (exact) mass is 485 g/mol. The van der Waals surface area contributed by atoms with E-state index in [1.165, 1.54) is 16.4 Å². The third kappa shape index (κ3) is 6.79. The van der Waals surface area contributed by atoms with Crippen molar-refractivity contribution in [3.63, 3.8) is 0 Å². The molecule has 0 aromatic heterocycles. The van der Waals surface area contributed by atoms with Crippen LogP contribution in [0.3, 0.4) is 0 Å². The van der Waals surface area contributed by atoms with Gasteiger partial charge in [0.1, 0.15) is 0 Å². The van der Waals surface area contributed by atoms with Crippen LogP contribution in [0.1, 0.15) is 17.5 Å². The van der Waals surface area contributed by atoms with E-state index in [0.717, 1.165) is 18.4 Å². The number of carbonyl (C=O) groups excluding carboxylic acids is 1. The fourth-order valence-electron chi connectivity index (χ4n) is 3.98. The topological polar surface area (TPSA) is 81.2 Å². The Labute approximate surface area is 186 Å². The zero-order valence-electron chi connectivity index (χ0n) is 17.1. The molecule has 12 heteroatoms. The highest BCUT2D eigenvalue weighted by Gasteiger charge is 2.36. The second-order valence-electron chi connectivity index (χ2n) is 7.94. The van der Waals surface area contributed by atoms with Gasteiger partial charge in [0.2, 0.25) is 15.9 Å². The van der Waals surface area contributed by atoms with Crippen LogP contribution in [0.4, 0.5) is 13.2 Å². The second-order valence-corrected chi connectivity index (χ2v) is 9.92. The number of aliphatic hydroxyl groups excluding tert-OH is 1. The van der Waals surface area contributed by atoms with Crippen LogP contribution >= 0.6 is 12.4 Å². The highest BCUT2D eigenvalue weighted by atomic mass is 35.5. The first kappa shape index (κ1) is 25.9. The average Bonchev–Trinajstić information content (AvgIpc) is 3.05. The summed E-state index contributed by atoms with van der Waals surface area (Å²) in [4.78, 5) is 16.5. The molecule has 0 aliphatic carbocycles. The van der Waals surface area contributed by atoms with Gasteiger partial charge >= 0.3 is 6.18 Å². The van der Waals surface area contributed by atoms with E-state index in [9.17, 15) is 31.5 Å². The van der Waals surface area contributed by atoms with E-state index in [4.69, 9.17) is 0 Å². The van der Waals surface area contributed by atoms with E-state index in [1.807, 2.05) is 4.90 Å². The number of aliphatic hydroxyl groups is 1. The summed E-state index contributed by atoms with van der Waals surface area (Å²) in [7, 11) is -3.41. The largest absolute Gasteiger partial charge is 0.416 e. The summed E-state index contributed by atoms with van der Waals surface area (Å²) in [5.74, 6) is -0.257. The van der Waals surface area contributed by atoms with Crippen molar-refractivity contribution < 1.29 is 31.5 Å². The van der Waals surface area contributed by atoms with Crippen LogP contribution in [-0.4, -0.2) is 91.2 Å². The van der Waals surface area contributed by atoms with Gasteiger partial charge in [-0.25, -0.2) is 8.42 Å². The highest BCUT2D eigenvalue weighted by Crippen LogP contribution is 2.29. The van der Waals surface area contributed by atoms with Gasteiger partial charge in [-0.15, -0.1) is 12.4 Å². The minimum Gasteiger partial charge on any atom is -0.392 e. The lowest BCUT2D eigenvalue weighted by Crippen LogP contribution is -2.59. The molecule has 1 N–H and O–H groups in total. The van der Waals surface area contributed by atoms with Crippen LogP contribution in [0.15, 0.2) is 24.3 Å². The quantitative estimate of drug-likeness (QED) is 0.678. The molecule has 31 heavy (non-hydrogen) atoms. The molecule has 0 bridgehead atoms. The number of carbonyl (C=O) groups is 1. The molecule has 0 spiro atoms. The molecule has 1 aromatic rings. The van der Waals surface area contributed by atoms with Gasteiger partial charge in [-0.1, -0.05) is 12.1 Å². The number of benzene rings is 1. The smallest absolute Gasteiger partial charge is 0.392 e. The van der Waals surface area contributed by atoms with E-state index in [2.05, 4.69) is 0 Å². The number of β-amino-alcohol motifs (C(OH)–C–C–N with tert-alkyl or cyclic N) is 1. The molecule has 0 unspecified atom stereocenters. The van der Waals surface area contributed by atoms with Gasteiger partial charge in [0, 0.05) is 39.3 Å². The summed E-state index contributed by atoms with van der Waals surface area (Å²) >= 11 is 0. The van der Waals surface area contributed by atoms with Crippen molar-refractivity contribution in [2.45, 2.75) is 31.2 Å². The molecule has 0 saturated carbocycles. The van der Waals surface area contributed by atoms with Gasteiger partial charge in [-0.05, 0) is 24.1 Å². The average molecular weight is 486 g/mol. The summed E-state index contributed by atoms with van der Waals surface area (Å²) in [5, 5.41) is 9.75. The predicted molar refractivity (Wildman–Crippen MR) is 111 cm³/mol. The minimum atomic E-state index is -4.43. The number of halogens is 4. The Kier molecular flexibility index (Phi) is 8.37. The van der Waals surface area contributed by atoms with Crippen LogP contribution in [0.5, 0.6) is 0 Å². The fourth-order valence-corrected chi connectivity index (χ4v) is 4.83. The Balaban J connectivity index is 0.00000341. The molecular formula is C19H27ClF3N3O4S. The summed E-state index contributed by atoms with van der Waals surface area (Å²) in [5.41, 5.74) is -0.306. The number of rotatable bonds is 5. The first-order valence-corrected chi connectivity index (χ1v) is 11.6. The molecule has 2 aliphatic rings. The Morgan fingerprint density at radius 1 is 1.13 bits per heavy atom. The van der Waals surface area contributed by atoms with Gasteiger partial charge in [0.05, 0.1) is 30.4 Å². The lowest BCUT2D eigenvalue weighted by Gasteiger charge is -2.42. The molecule has 7 nitrogen and oxygen atoms in total.